The summed E-state index contributed by atoms with van der Waals surface area (Å²) < 4.78 is 0. The fourth-order valence-corrected chi connectivity index (χ4v) is 1.99. The monoisotopic (exact) mass is 228 g/mol. The first-order chi connectivity index (χ1) is 7.17. The molecule has 0 bridgehead atoms. The molecule has 4 heteroatoms. The molecule has 3 nitrogen and oxygen atoms in total. The molecule has 0 saturated heterocycles. The van der Waals surface area contributed by atoms with Gasteiger partial charge in [0.05, 0.1) is 6.04 Å². The highest BCUT2D eigenvalue weighted by molar-refractivity contribution is 6.20. The Morgan fingerprint density at radius 3 is 3.07 bits per heavy atom. The molecule has 0 fully saturated rings. The summed E-state index contributed by atoms with van der Waals surface area (Å²) in [6, 6.07) is 0.0149. The van der Waals surface area contributed by atoms with Crippen molar-refractivity contribution < 1.29 is 4.79 Å². The standard InChI is InChI=1S/C11H17ClN2O/c1-3-10(13-7-15)6-9-4-5-11(12)14-8(9)2/h3,7,10-11,14H,1,4-6H2,2H3,(H,13,15). The first kappa shape index (κ1) is 12.1. The second kappa shape index (κ2) is 5.81. The molecule has 0 aromatic rings. The van der Waals surface area contributed by atoms with Crippen molar-refractivity contribution >= 4 is 18.0 Å². The summed E-state index contributed by atoms with van der Waals surface area (Å²) in [7, 11) is 0. The highest BCUT2D eigenvalue weighted by atomic mass is 35.5. The van der Waals surface area contributed by atoms with Crippen LogP contribution in [0.15, 0.2) is 23.9 Å². The van der Waals surface area contributed by atoms with E-state index >= 15 is 0 Å². The third-order valence-corrected chi connectivity index (χ3v) is 2.96. The fourth-order valence-electron chi connectivity index (χ4n) is 1.72. The highest BCUT2D eigenvalue weighted by Crippen LogP contribution is 2.23. The Hall–Kier alpha value is -0.960. The molecule has 2 N–H and O–H groups in total. The molecule has 0 aromatic heterocycles. The lowest BCUT2D eigenvalue weighted by Crippen LogP contribution is -2.31. The van der Waals surface area contributed by atoms with Gasteiger partial charge in [0.25, 0.3) is 0 Å². The molecule has 84 valence electrons. The van der Waals surface area contributed by atoms with Crippen molar-refractivity contribution in [3.63, 3.8) is 0 Å². The number of hydrogen-bond acceptors (Lipinski definition) is 2. The summed E-state index contributed by atoms with van der Waals surface area (Å²) in [5.41, 5.74) is 2.47. The molecule has 1 heterocycles. The quantitative estimate of drug-likeness (QED) is 0.327. The maximum atomic E-state index is 10.3. The van der Waals surface area contributed by atoms with Gasteiger partial charge in [-0.05, 0) is 31.8 Å². The Morgan fingerprint density at radius 2 is 2.53 bits per heavy atom. The van der Waals surface area contributed by atoms with E-state index in [1.165, 1.54) is 5.57 Å². The normalized spacial score (nSPS) is 22.9. The van der Waals surface area contributed by atoms with E-state index in [0.29, 0.717) is 6.41 Å². The lowest BCUT2D eigenvalue weighted by atomic mass is 9.97. The van der Waals surface area contributed by atoms with Crippen molar-refractivity contribution in [1.29, 1.82) is 0 Å². The zero-order valence-electron chi connectivity index (χ0n) is 8.92. The van der Waals surface area contributed by atoms with E-state index in [0.717, 1.165) is 25.0 Å². The number of alkyl halides is 1. The van der Waals surface area contributed by atoms with Crippen molar-refractivity contribution in [1.82, 2.24) is 10.6 Å². The van der Waals surface area contributed by atoms with Gasteiger partial charge in [-0.25, -0.2) is 0 Å². The fraction of sp³-hybridized carbons (Fsp3) is 0.545. The first-order valence-electron chi connectivity index (χ1n) is 5.09. The first-order valence-corrected chi connectivity index (χ1v) is 5.52. The molecule has 0 saturated carbocycles. The predicted octanol–water partition coefficient (Wildman–Crippen LogP) is 1.90. The summed E-state index contributed by atoms with van der Waals surface area (Å²) >= 11 is 5.97. The average molecular weight is 229 g/mol. The number of hydrogen-bond donors (Lipinski definition) is 2. The van der Waals surface area contributed by atoms with Crippen LogP contribution in [-0.2, 0) is 4.79 Å². The molecule has 1 amide bonds. The number of carbonyl (C=O) groups excluding carboxylic acids is 1. The van der Waals surface area contributed by atoms with Gasteiger partial charge in [0.15, 0.2) is 0 Å². The Labute approximate surface area is 95.6 Å². The molecule has 0 aromatic carbocycles. The van der Waals surface area contributed by atoms with E-state index in [1.54, 1.807) is 6.08 Å². The topological polar surface area (TPSA) is 41.1 Å². The van der Waals surface area contributed by atoms with Gasteiger partial charge in [-0.3, -0.25) is 4.79 Å². The lowest BCUT2D eigenvalue weighted by Gasteiger charge is -2.25. The van der Waals surface area contributed by atoms with Crippen LogP contribution in [-0.4, -0.2) is 18.0 Å². The minimum Gasteiger partial charge on any atom is -0.373 e. The van der Waals surface area contributed by atoms with E-state index in [2.05, 4.69) is 17.2 Å². The Morgan fingerprint density at radius 1 is 1.80 bits per heavy atom. The zero-order valence-corrected chi connectivity index (χ0v) is 9.68. The van der Waals surface area contributed by atoms with Crippen molar-refractivity contribution in [2.45, 2.75) is 37.7 Å². The molecule has 1 aliphatic heterocycles. The van der Waals surface area contributed by atoms with Gasteiger partial charge in [0, 0.05) is 5.70 Å². The van der Waals surface area contributed by atoms with E-state index in [-0.39, 0.29) is 11.5 Å². The second-order valence-electron chi connectivity index (χ2n) is 3.71. The van der Waals surface area contributed by atoms with Crippen LogP contribution in [0.2, 0.25) is 0 Å². The van der Waals surface area contributed by atoms with E-state index in [1.807, 2.05) is 6.92 Å². The molecule has 2 unspecified atom stereocenters. The van der Waals surface area contributed by atoms with Crippen LogP contribution in [0.25, 0.3) is 0 Å². The predicted molar refractivity (Wildman–Crippen MR) is 62.5 cm³/mol. The molecular formula is C11H17ClN2O. The highest BCUT2D eigenvalue weighted by Gasteiger charge is 2.17. The molecular weight excluding hydrogens is 212 g/mol. The van der Waals surface area contributed by atoms with Crippen LogP contribution in [0.1, 0.15) is 26.2 Å². The van der Waals surface area contributed by atoms with Crippen LogP contribution in [0.5, 0.6) is 0 Å². The lowest BCUT2D eigenvalue weighted by molar-refractivity contribution is -0.109. The average Bonchev–Trinajstić information content (AvgIpc) is 2.21. The summed E-state index contributed by atoms with van der Waals surface area (Å²) in [4.78, 5) is 10.3. The molecule has 2 atom stereocenters. The number of allylic oxidation sites excluding steroid dienone is 1. The Bertz CT molecular complexity index is 276. The third kappa shape index (κ3) is 3.59. The Kier molecular flexibility index (Phi) is 4.69. The van der Waals surface area contributed by atoms with Gasteiger partial charge >= 0.3 is 0 Å². The molecule has 0 spiro atoms. The smallest absolute Gasteiger partial charge is 0.207 e. The SMILES string of the molecule is C=CC(CC1=C(C)NC(Cl)CC1)NC=O. The van der Waals surface area contributed by atoms with Gasteiger partial charge < -0.3 is 10.6 Å². The van der Waals surface area contributed by atoms with Gasteiger partial charge in [-0.2, -0.15) is 0 Å². The largest absolute Gasteiger partial charge is 0.373 e. The number of halogens is 1. The van der Waals surface area contributed by atoms with Gasteiger partial charge in [0.2, 0.25) is 6.41 Å². The van der Waals surface area contributed by atoms with Gasteiger partial charge in [-0.1, -0.05) is 17.7 Å². The summed E-state index contributed by atoms with van der Waals surface area (Å²) in [5, 5.41) is 5.91. The van der Waals surface area contributed by atoms with Crippen LogP contribution < -0.4 is 10.6 Å². The maximum Gasteiger partial charge on any atom is 0.207 e. The van der Waals surface area contributed by atoms with Crippen molar-refractivity contribution in [2.75, 3.05) is 0 Å². The number of nitrogens with one attached hydrogen (secondary N) is 2. The molecule has 0 radical (unpaired) electrons. The number of carbonyl (C=O) groups is 1. The zero-order chi connectivity index (χ0) is 11.3. The van der Waals surface area contributed by atoms with E-state index in [9.17, 15) is 4.79 Å². The van der Waals surface area contributed by atoms with Gasteiger partial charge in [-0.15, -0.1) is 6.58 Å². The molecule has 1 aliphatic rings. The summed E-state index contributed by atoms with van der Waals surface area (Å²) in [6.07, 6.45) is 5.19. The van der Waals surface area contributed by atoms with Crippen LogP contribution in [0.4, 0.5) is 0 Å². The van der Waals surface area contributed by atoms with Crippen molar-refractivity contribution in [3.8, 4) is 0 Å². The van der Waals surface area contributed by atoms with Crippen molar-refractivity contribution in [3.05, 3.63) is 23.9 Å². The van der Waals surface area contributed by atoms with E-state index < -0.39 is 0 Å². The summed E-state index contributed by atoms with van der Waals surface area (Å²) in [6.45, 7) is 5.71. The molecule has 1 rings (SSSR count). The van der Waals surface area contributed by atoms with E-state index in [4.69, 9.17) is 11.6 Å². The minimum atomic E-state index is 0.0149. The third-order valence-electron chi connectivity index (χ3n) is 2.64. The Balaban J connectivity index is 2.59. The maximum absolute atomic E-state index is 10.3. The second-order valence-corrected chi connectivity index (χ2v) is 4.24. The number of amides is 1. The number of rotatable bonds is 5. The van der Waals surface area contributed by atoms with Crippen LogP contribution in [0, 0.1) is 0 Å². The molecule has 0 aliphatic carbocycles. The minimum absolute atomic E-state index is 0.0149. The van der Waals surface area contributed by atoms with Gasteiger partial charge in [0.1, 0.15) is 5.50 Å². The molecule has 15 heavy (non-hydrogen) atoms. The van der Waals surface area contributed by atoms with Crippen LogP contribution in [0.3, 0.4) is 0 Å². The summed E-state index contributed by atoms with van der Waals surface area (Å²) in [5.74, 6) is 0. The van der Waals surface area contributed by atoms with Crippen LogP contribution >= 0.6 is 11.6 Å². The van der Waals surface area contributed by atoms with Crippen molar-refractivity contribution in [2.24, 2.45) is 0 Å².